The number of unbranched alkanes of at least 4 members (excludes halogenated alkanes) is 1. The van der Waals surface area contributed by atoms with Crippen LogP contribution in [0.2, 0.25) is 5.02 Å². The highest BCUT2D eigenvalue weighted by atomic mass is 79.9. The van der Waals surface area contributed by atoms with Crippen molar-refractivity contribution in [3.8, 4) is 5.75 Å². The second-order valence-corrected chi connectivity index (χ2v) is 8.02. The lowest BCUT2D eigenvalue weighted by Crippen LogP contribution is -2.22. The molecule has 0 atom stereocenters. The maximum absolute atomic E-state index is 13.1. The largest absolute Gasteiger partial charge is 0.486 e. The van der Waals surface area contributed by atoms with Crippen molar-refractivity contribution in [2.45, 2.75) is 33.1 Å². The molecule has 3 aromatic rings. The van der Waals surface area contributed by atoms with Crippen molar-refractivity contribution in [1.82, 2.24) is 9.66 Å². The topological polar surface area (TPSA) is 99.6 Å². The van der Waals surface area contributed by atoms with Crippen LogP contribution in [-0.2, 0) is 6.42 Å². The average Bonchev–Trinajstić information content (AvgIpc) is 2.73. The number of ether oxygens (including phenoxy) is 1. The lowest BCUT2D eigenvalue weighted by molar-refractivity contribution is -0.385. The summed E-state index contributed by atoms with van der Waals surface area (Å²) in [6, 6.07) is 8.11. The maximum Gasteiger partial charge on any atom is 0.313 e. The van der Waals surface area contributed by atoms with E-state index in [-0.39, 0.29) is 28.6 Å². The van der Waals surface area contributed by atoms with Crippen LogP contribution in [0.3, 0.4) is 0 Å². The molecular weight excluding hydrogens is 488 g/mol. The summed E-state index contributed by atoms with van der Waals surface area (Å²) in [5.41, 5.74) is 0.364. The number of nitrogens with zero attached hydrogens (tertiary/aromatic N) is 4. The van der Waals surface area contributed by atoms with Gasteiger partial charge in [-0.2, -0.15) is 9.78 Å². The second-order valence-electron chi connectivity index (χ2n) is 6.70. The molecule has 0 bridgehead atoms. The molecule has 3 rings (SSSR count). The van der Waals surface area contributed by atoms with Gasteiger partial charge in [-0.1, -0.05) is 40.9 Å². The predicted molar refractivity (Wildman–Crippen MR) is 125 cm³/mol. The van der Waals surface area contributed by atoms with Crippen LogP contribution < -0.4 is 10.3 Å². The van der Waals surface area contributed by atoms with E-state index in [0.717, 1.165) is 17.3 Å². The first kappa shape index (κ1) is 22.9. The van der Waals surface area contributed by atoms with Crippen LogP contribution in [0.15, 0.2) is 44.7 Å². The fraction of sp³-hybridized carbons (Fsp3) is 0.286. The van der Waals surface area contributed by atoms with Crippen molar-refractivity contribution in [1.29, 1.82) is 0 Å². The van der Waals surface area contributed by atoms with E-state index >= 15 is 0 Å². The highest BCUT2D eigenvalue weighted by molar-refractivity contribution is 9.10. The van der Waals surface area contributed by atoms with Crippen LogP contribution in [0.5, 0.6) is 5.75 Å². The van der Waals surface area contributed by atoms with E-state index in [9.17, 15) is 14.9 Å². The molecule has 0 radical (unpaired) electrons. The number of nitro benzene ring substituents is 1. The molecule has 0 unspecified atom stereocenters. The summed E-state index contributed by atoms with van der Waals surface area (Å²) in [4.78, 5) is 28.6. The van der Waals surface area contributed by atoms with Gasteiger partial charge in [-0.25, -0.2) is 4.98 Å². The van der Waals surface area contributed by atoms with Gasteiger partial charge in [0.1, 0.15) is 5.82 Å². The fourth-order valence-corrected chi connectivity index (χ4v) is 3.67. The van der Waals surface area contributed by atoms with Gasteiger partial charge in [-0.3, -0.25) is 14.9 Å². The van der Waals surface area contributed by atoms with Crippen molar-refractivity contribution in [2.75, 3.05) is 6.61 Å². The molecule has 0 aliphatic carbocycles. The normalized spacial score (nSPS) is 11.4. The van der Waals surface area contributed by atoms with Gasteiger partial charge in [0.25, 0.3) is 5.56 Å². The minimum Gasteiger partial charge on any atom is -0.486 e. The third-order valence-electron chi connectivity index (χ3n) is 4.48. The summed E-state index contributed by atoms with van der Waals surface area (Å²) in [6.07, 6.45) is 3.69. The number of hydrogen-bond acceptors (Lipinski definition) is 6. The molecule has 1 heterocycles. The molecular formula is C21H20BrClN4O4. The Morgan fingerprint density at radius 1 is 1.32 bits per heavy atom. The smallest absolute Gasteiger partial charge is 0.313 e. The second kappa shape index (κ2) is 10.0. The minimum absolute atomic E-state index is 0.00402. The fourth-order valence-electron chi connectivity index (χ4n) is 3.03. The molecule has 0 N–H and O–H groups in total. The van der Waals surface area contributed by atoms with Crippen LogP contribution in [0.4, 0.5) is 5.69 Å². The molecule has 0 aliphatic heterocycles. The predicted octanol–water partition coefficient (Wildman–Crippen LogP) is 5.34. The Balaban J connectivity index is 2.12. The zero-order chi connectivity index (χ0) is 22.5. The number of hydrogen-bond donors (Lipinski definition) is 0. The van der Waals surface area contributed by atoms with E-state index in [1.807, 2.05) is 13.0 Å². The standard InChI is InChI=1S/C21H20BrClN4O4/c1-3-5-6-19-25-17-8-7-14(22)11-15(17)21(28)26(19)24-12-13-9-16(23)20(31-4-2)18(10-13)27(29)30/h7-12H,3-6H2,1-2H3. The Hall–Kier alpha value is -2.78. The SMILES string of the molecule is CCCCc1nc2ccc(Br)cc2c(=O)n1N=Cc1cc(Cl)c(OCC)c([N+](=O)[O-])c1. The van der Waals surface area contributed by atoms with Crippen molar-refractivity contribution < 1.29 is 9.66 Å². The Labute approximate surface area is 191 Å². The van der Waals surface area contributed by atoms with Crippen LogP contribution in [0.25, 0.3) is 10.9 Å². The van der Waals surface area contributed by atoms with Crippen molar-refractivity contribution in [3.05, 3.63) is 71.7 Å². The van der Waals surface area contributed by atoms with E-state index in [1.54, 1.807) is 19.1 Å². The Morgan fingerprint density at radius 2 is 2.10 bits per heavy atom. The van der Waals surface area contributed by atoms with E-state index in [1.165, 1.54) is 23.0 Å². The zero-order valence-electron chi connectivity index (χ0n) is 17.0. The quantitative estimate of drug-likeness (QED) is 0.233. The molecule has 1 aromatic heterocycles. The molecule has 8 nitrogen and oxygen atoms in total. The lowest BCUT2D eigenvalue weighted by atomic mass is 10.2. The van der Waals surface area contributed by atoms with Gasteiger partial charge in [-0.05, 0) is 37.6 Å². The lowest BCUT2D eigenvalue weighted by Gasteiger charge is -2.10. The Kier molecular flexibility index (Phi) is 7.40. The summed E-state index contributed by atoms with van der Waals surface area (Å²) < 4.78 is 7.29. The Bertz CT molecular complexity index is 1230. The first-order valence-corrected chi connectivity index (χ1v) is 10.9. The number of fused-ring (bicyclic) bond motifs is 1. The first-order chi connectivity index (χ1) is 14.8. The van der Waals surface area contributed by atoms with E-state index in [4.69, 9.17) is 16.3 Å². The third-order valence-corrected chi connectivity index (χ3v) is 5.26. The van der Waals surface area contributed by atoms with Gasteiger partial charge < -0.3 is 4.74 Å². The van der Waals surface area contributed by atoms with Crippen molar-refractivity contribution in [2.24, 2.45) is 5.10 Å². The molecule has 0 aliphatic rings. The third kappa shape index (κ3) is 5.11. The van der Waals surface area contributed by atoms with Gasteiger partial charge in [0.2, 0.25) is 5.75 Å². The molecule has 0 saturated heterocycles. The molecule has 31 heavy (non-hydrogen) atoms. The van der Waals surface area contributed by atoms with Gasteiger partial charge in [0.05, 0.1) is 33.7 Å². The van der Waals surface area contributed by atoms with Gasteiger partial charge in [0, 0.05) is 22.5 Å². The van der Waals surface area contributed by atoms with E-state index < -0.39 is 4.92 Å². The van der Waals surface area contributed by atoms with Gasteiger partial charge in [-0.15, -0.1) is 0 Å². The van der Waals surface area contributed by atoms with Crippen LogP contribution >= 0.6 is 27.5 Å². The highest BCUT2D eigenvalue weighted by Crippen LogP contribution is 2.35. The van der Waals surface area contributed by atoms with Gasteiger partial charge >= 0.3 is 5.69 Å². The molecule has 162 valence electrons. The van der Waals surface area contributed by atoms with E-state index in [0.29, 0.717) is 28.7 Å². The minimum atomic E-state index is -0.567. The van der Waals surface area contributed by atoms with Crippen LogP contribution in [-0.4, -0.2) is 27.4 Å². The number of benzene rings is 2. The molecule has 10 heteroatoms. The molecule has 0 amide bonds. The number of halogens is 2. The number of aryl methyl sites for hydroxylation is 1. The first-order valence-electron chi connectivity index (χ1n) is 9.72. The summed E-state index contributed by atoms with van der Waals surface area (Å²) >= 11 is 9.56. The summed E-state index contributed by atoms with van der Waals surface area (Å²) in [6.45, 7) is 4.00. The molecule has 0 fully saturated rings. The monoisotopic (exact) mass is 506 g/mol. The van der Waals surface area contributed by atoms with Crippen LogP contribution in [0, 0.1) is 10.1 Å². The summed E-state index contributed by atoms with van der Waals surface area (Å²) in [5.74, 6) is 0.522. The number of rotatable bonds is 8. The highest BCUT2D eigenvalue weighted by Gasteiger charge is 2.20. The van der Waals surface area contributed by atoms with E-state index in [2.05, 4.69) is 26.0 Å². The maximum atomic E-state index is 13.1. The van der Waals surface area contributed by atoms with Crippen LogP contribution in [0.1, 0.15) is 38.1 Å². The van der Waals surface area contributed by atoms with Crippen molar-refractivity contribution >= 4 is 50.3 Å². The average molecular weight is 508 g/mol. The summed E-state index contributed by atoms with van der Waals surface area (Å²) in [7, 11) is 0. The Morgan fingerprint density at radius 3 is 2.77 bits per heavy atom. The van der Waals surface area contributed by atoms with Crippen molar-refractivity contribution in [3.63, 3.8) is 0 Å². The van der Waals surface area contributed by atoms with Gasteiger partial charge in [0.15, 0.2) is 0 Å². The number of aromatic nitrogens is 2. The molecule has 0 spiro atoms. The number of nitro groups is 1. The summed E-state index contributed by atoms with van der Waals surface area (Å²) in [5, 5.41) is 16.3. The zero-order valence-corrected chi connectivity index (χ0v) is 19.3. The molecule has 2 aromatic carbocycles. The molecule has 0 saturated carbocycles.